The van der Waals surface area contributed by atoms with Gasteiger partial charge in [-0.25, -0.2) is 0 Å². The largest absolute Gasteiger partial charge is 0.0622 e. The minimum Gasteiger partial charge on any atom is -0.0622 e. The summed E-state index contributed by atoms with van der Waals surface area (Å²) >= 11 is 0. The molecule has 2 aromatic rings. The summed E-state index contributed by atoms with van der Waals surface area (Å²) in [5.74, 6) is 0.861. The summed E-state index contributed by atoms with van der Waals surface area (Å²) < 4.78 is 0. The lowest BCUT2D eigenvalue weighted by atomic mass is 9.84. The van der Waals surface area contributed by atoms with Gasteiger partial charge in [0, 0.05) is 0 Å². The molecule has 0 N–H and O–H groups in total. The van der Waals surface area contributed by atoms with Crippen molar-refractivity contribution in [1.82, 2.24) is 0 Å². The van der Waals surface area contributed by atoms with Gasteiger partial charge in [0.2, 0.25) is 0 Å². The summed E-state index contributed by atoms with van der Waals surface area (Å²) in [6.07, 6.45) is 9.41. The first-order valence-corrected chi connectivity index (χ1v) is 8.96. The van der Waals surface area contributed by atoms with E-state index in [0.717, 1.165) is 18.8 Å². The Morgan fingerprint density at radius 2 is 1.18 bits per heavy atom. The third-order valence-corrected chi connectivity index (χ3v) is 4.72. The van der Waals surface area contributed by atoms with Crippen LogP contribution in [0.4, 0.5) is 0 Å². The molecule has 0 heterocycles. The van der Waals surface area contributed by atoms with Crippen molar-refractivity contribution in [2.45, 2.75) is 64.7 Å². The molecule has 3 rings (SSSR count). The van der Waals surface area contributed by atoms with E-state index in [4.69, 9.17) is 0 Å². The maximum absolute atomic E-state index is 2.27. The lowest BCUT2D eigenvalue weighted by molar-refractivity contribution is 0.443. The molecule has 0 heteroatoms. The standard InChI is InChI=1S/C12H16.C10H14/c1-3-7-11(8-4-1)12-9-5-2-6-10-12;1-3-9-5-7-10(4-2)8-6-9/h1,3-4,7-8,12H,2,5-6,9-10H2;5-8H,3-4H2,1-2H3. The number of hydrogen-bond donors (Lipinski definition) is 0. The van der Waals surface area contributed by atoms with Crippen molar-refractivity contribution in [1.29, 1.82) is 0 Å². The number of rotatable bonds is 3. The van der Waals surface area contributed by atoms with Crippen molar-refractivity contribution in [2.75, 3.05) is 0 Å². The zero-order valence-electron chi connectivity index (χ0n) is 14.2. The summed E-state index contributed by atoms with van der Waals surface area (Å²) in [6, 6.07) is 19.8. The summed E-state index contributed by atoms with van der Waals surface area (Å²) in [7, 11) is 0. The molecule has 0 saturated heterocycles. The van der Waals surface area contributed by atoms with Gasteiger partial charge in [-0.1, -0.05) is 87.7 Å². The van der Waals surface area contributed by atoms with Gasteiger partial charge >= 0.3 is 0 Å². The molecule has 0 aromatic heterocycles. The number of benzene rings is 2. The Morgan fingerprint density at radius 1 is 0.682 bits per heavy atom. The molecule has 1 aliphatic rings. The van der Waals surface area contributed by atoms with Gasteiger partial charge in [-0.2, -0.15) is 0 Å². The minimum absolute atomic E-state index is 0.861. The molecular weight excluding hydrogens is 264 g/mol. The van der Waals surface area contributed by atoms with Crippen molar-refractivity contribution < 1.29 is 0 Å². The predicted octanol–water partition coefficient (Wildman–Crippen LogP) is 6.55. The number of hydrogen-bond acceptors (Lipinski definition) is 0. The summed E-state index contributed by atoms with van der Waals surface area (Å²) in [4.78, 5) is 0. The van der Waals surface area contributed by atoms with Crippen molar-refractivity contribution in [2.24, 2.45) is 0 Å². The van der Waals surface area contributed by atoms with E-state index in [9.17, 15) is 0 Å². The summed E-state index contributed by atoms with van der Waals surface area (Å²) in [5, 5.41) is 0. The first kappa shape index (κ1) is 16.8. The van der Waals surface area contributed by atoms with Crippen LogP contribution < -0.4 is 0 Å². The molecule has 0 radical (unpaired) electrons. The molecular formula is C22H30. The first-order chi connectivity index (χ1) is 10.8. The van der Waals surface area contributed by atoms with Crippen molar-refractivity contribution >= 4 is 0 Å². The van der Waals surface area contributed by atoms with E-state index in [2.05, 4.69) is 68.4 Å². The van der Waals surface area contributed by atoms with Crippen LogP contribution in [-0.2, 0) is 12.8 Å². The van der Waals surface area contributed by atoms with Crippen LogP contribution in [0.3, 0.4) is 0 Å². The van der Waals surface area contributed by atoms with E-state index in [1.54, 1.807) is 5.56 Å². The molecule has 0 bridgehead atoms. The average molecular weight is 294 g/mol. The van der Waals surface area contributed by atoms with Gasteiger partial charge in [-0.3, -0.25) is 0 Å². The molecule has 0 unspecified atom stereocenters. The van der Waals surface area contributed by atoms with Gasteiger partial charge in [0.25, 0.3) is 0 Å². The second kappa shape index (κ2) is 9.46. The molecule has 0 spiro atoms. The fourth-order valence-electron chi connectivity index (χ4n) is 3.17. The maximum Gasteiger partial charge on any atom is -0.0162 e. The quantitative estimate of drug-likeness (QED) is 0.602. The van der Waals surface area contributed by atoms with E-state index in [1.807, 2.05) is 0 Å². The fourth-order valence-corrected chi connectivity index (χ4v) is 3.17. The zero-order chi connectivity index (χ0) is 15.6. The lowest BCUT2D eigenvalue weighted by Gasteiger charge is -2.21. The SMILES string of the molecule is CCc1ccc(CC)cc1.c1ccc(C2CCCCC2)cc1. The van der Waals surface area contributed by atoms with Crippen LogP contribution in [-0.4, -0.2) is 0 Å². The highest BCUT2D eigenvalue weighted by Gasteiger charge is 2.14. The summed E-state index contributed by atoms with van der Waals surface area (Å²) in [6.45, 7) is 4.36. The highest BCUT2D eigenvalue weighted by atomic mass is 14.2. The Bertz CT molecular complexity index is 480. The van der Waals surface area contributed by atoms with E-state index in [-0.39, 0.29) is 0 Å². The molecule has 0 atom stereocenters. The normalized spacial score (nSPS) is 15.0. The molecule has 22 heavy (non-hydrogen) atoms. The topological polar surface area (TPSA) is 0 Å². The molecule has 0 aliphatic heterocycles. The third kappa shape index (κ3) is 5.33. The van der Waals surface area contributed by atoms with Crippen LogP contribution in [0.15, 0.2) is 54.6 Å². The lowest BCUT2D eigenvalue weighted by Crippen LogP contribution is -2.03. The minimum atomic E-state index is 0.861. The van der Waals surface area contributed by atoms with Crippen LogP contribution in [0, 0.1) is 0 Å². The van der Waals surface area contributed by atoms with Gasteiger partial charge < -0.3 is 0 Å². The van der Waals surface area contributed by atoms with Gasteiger partial charge in [-0.05, 0) is 48.3 Å². The van der Waals surface area contributed by atoms with Crippen LogP contribution in [0.2, 0.25) is 0 Å². The Morgan fingerprint density at radius 3 is 1.64 bits per heavy atom. The average Bonchev–Trinajstić information content (AvgIpc) is 2.64. The van der Waals surface area contributed by atoms with Crippen molar-refractivity contribution in [3.63, 3.8) is 0 Å². The fraction of sp³-hybridized carbons (Fsp3) is 0.455. The molecule has 1 fully saturated rings. The zero-order valence-corrected chi connectivity index (χ0v) is 14.2. The highest BCUT2D eigenvalue weighted by Crippen LogP contribution is 2.32. The molecule has 1 aliphatic carbocycles. The van der Waals surface area contributed by atoms with Crippen molar-refractivity contribution in [3.05, 3.63) is 71.3 Å². The smallest absolute Gasteiger partial charge is 0.0162 e. The van der Waals surface area contributed by atoms with E-state index >= 15 is 0 Å². The molecule has 1 saturated carbocycles. The Kier molecular flexibility index (Phi) is 7.22. The van der Waals surface area contributed by atoms with Crippen LogP contribution >= 0.6 is 0 Å². The second-order valence-electron chi connectivity index (χ2n) is 6.27. The Labute approximate surface area is 136 Å². The molecule has 0 amide bonds. The van der Waals surface area contributed by atoms with E-state index < -0.39 is 0 Å². The number of aryl methyl sites for hydroxylation is 2. The predicted molar refractivity (Wildman–Crippen MR) is 97.5 cm³/mol. The second-order valence-corrected chi connectivity index (χ2v) is 6.27. The van der Waals surface area contributed by atoms with Gasteiger partial charge in [0.15, 0.2) is 0 Å². The molecule has 118 valence electrons. The molecule has 2 aromatic carbocycles. The molecule has 0 nitrogen and oxygen atoms in total. The summed E-state index contributed by atoms with van der Waals surface area (Å²) in [5.41, 5.74) is 4.41. The highest BCUT2D eigenvalue weighted by molar-refractivity contribution is 5.22. The first-order valence-electron chi connectivity index (χ1n) is 8.96. The Hall–Kier alpha value is -1.56. The monoisotopic (exact) mass is 294 g/mol. The van der Waals surface area contributed by atoms with E-state index in [0.29, 0.717) is 0 Å². The third-order valence-electron chi connectivity index (χ3n) is 4.72. The van der Waals surface area contributed by atoms with Crippen LogP contribution in [0.1, 0.15) is 68.6 Å². The van der Waals surface area contributed by atoms with Gasteiger partial charge in [0.05, 0.1) is 0 Å². The van der Waals surface area contributed by atoms with E-state index in [1.165, 1.54) is 43.2 Å². The van der Waals surface area contributed by atoms with Gasteiger partial charge in [0.1, 0.15) is 0 Å². The maximum atomic E-state index is 2.27. The van der Waals surface area contributed by atoms with Gasteiger partial charge in [-0.15, -0.1) is 0 Å². The van der Waals surface area contributed by atoms with Crippen molar-refractivity contribution in [3.8, 4) is 0 Å². The van der Waals surface area contributed by atoms with Crippen LogP contribution in [0.5, 0.6) is 0 Å². The Balaban J connectivity index is 0.000000164. The van der Waals surface area contributed by atoms with Crippen LogP contribution in [0.25, 0.3) is 0 Å².